The van der Waals surface area contributed by atoms with Crippen LogP contribution in [0.3, 0.4) is 0 Å². The van der Waals surface area contributed by atoms with Gasteiger partial charge in [0.25, 0.3) is 0 Å². The van der Waals surface area contributed by atoms with Crippen LogP contribution in [0.5, 0.6) is 0 Å². The number of carbonyl (C=O) groups excluding carboxylic acids is 1. The van der Waals surface area contributed by atoms with Gasteiger partial charge < -0.3 is 9.84 Å². The highest BCUT2D eigenvalue weighted by atomic mass is 16.6. The predicted molar refractivity (Wildman–Crippen MR) is 55.2 cm³/mol. The fraction of sp³-hybridized carbons (Fsp3) is 0.200. The van der Waals surface area contributed by atoms with Crippen LogP contribution in [0.2, 0.25) is 0 Å². The minimum atomic E-state index is -1.89. The molecule has 0 aliphatic rings. The first-order valence-electron chi connectivity index (χ1n) is 4.52. The zero-order valence-corrected chi connectivity index (χ0v) is 8.82. The second-order valence-corrected chi connectivity index (χ2v) is 3.14. The molecule has 0 spiro atoms. The van der Waals surface area contributed by atoms with Crippen LogP contribution in [0, 0.1) is 10.1 Å². The number of aliphatic carboxylic acids is 1. The predicted octanol–water partition coefficient (Wildman–Crippen LogP) is 0.876. The summed E-state index contributed by atoms with van der Waals surface area (Å²) in [4.78, 5) is 31.6. The van der Waals surface area contributed by atoms with Gasteiger partial charge in [0.1, 0.15) is 0 Å². The summed E-state index contributed by atoms with van der Waals surface area (Å²) >= 11 is 0. The van der Waals surface area contributed by atoms with Crippen LogP contribution in [0.15, 0.2) is 24.3 Å². The van der Waals surface area contributed by atoms with Gasteiger partial charge in [0.05, 0.1) is 12.7 Å². The number of carboxylic acid groups (broad SMARTS) is 1. The summed E-state index contributed by atoms with van der Waals surface area (Å²) in [6.07, 6.45) is 0. The fourth-order valence-corrected chi connectivity index (χ4v) is 1.31. The summed E-state index contributed by atoms with van der Waals surface area (Å²) in [7, 11) is 1.16. The first kappa shape index (κ1) is 12.6. The van der Waals surface area contributed by atoms with Crippen LogP contribution in [0.25, 0.3) is 0 Å². The van der Waals surface area contributed by atoms with Crippen molar-refractivity contribution < 1.29 is 24.4 Å². The molecule has 0 heterocycles. The number of benzene rings is 1. The lowest BCUT2D eigenvalue weighted by Gasteiger charge is -2.06. The molecule has 1 aromatic carbocycles. The van der Waals surface area contributed by atoms with Crippen molar-refractivity contribution in [3.63, 3.8) is 0 Å². The number of hydrogen-bond donors (Lipinski definition) is 1. The summed E-state index contributed by atoms with van der Waals surface area (Å²) < 4.78 is 4.44. The van der Waals surface area contributed by atoms with E-state index in [0.29, 0.717) is 0 Å². The molecular weight excluding hydrogens is 230 g/mol. The molecule has 7 heteroatoms. The Hall–Kier alpha value is -2.44. The van der Waals surface area contributed by atoms with E-state index in [1.54, 1.807) is 0 Å². The Balaban J connectivity index is 3.17. The van der Waals surface area contributed by atoms with Gasteiger partial charge in [-0.1, -0.05) is 12.1 Å². The molecule has 7 nitrogen and oxygen atoms in total. The number of carboxylic acids is 1. The lowest BCUT2D eigenvalue weighted by atomic mass is 10.0. The third-order valence-corrected chi connectivity index (χ3v) is 2.07. The van der Waals surface area contributed by atoms with Crippen molar-refractivity contribution in [2.45, 2.75) is 6.04 Å². The van der Waals surface area contributed by atoms with Crippen molar-refractivity contribution in [1.82, 2.24) is 0 Å². The summed E-state index contributed by atoms with van der Waals surface area (Å²) in [6, 6.07) is 3.26. The highest BCUT2D eigenvalue weighted by Crippen LogP contribution is 2.18. The Morgan fingerprint density at radius 3 is 2.59 bits per heavy atom. The largest absolute Gasteiger partial charge is 0.476 e. The maximum absolute atomic E-state index is 11.2. The number of nitrogens with zero attached hydrogens (tertiary/aromatic N) is 1. The zero-order chi connectivity index (χ0) is 13.0. The fourth-order valence-electron chi connectivity index (χ4n) is 1.31. The summed E-state index contributed by atoms with van der Waals surface area (Å²) in [5, 5.41) is 19.3. The molecule has 1 atom stereocenters. The molecule has 1 N–H and O–H groups in total. The maximum Gasteiger partial charge on any atom is 0.384 e. The summed E-state index contributed by atoms with van der Waals surface area (Å²) in [5.41, 5.74) is -0.0106. The standard InChI is InChI=1S/C10H9NO6/c1-17-10(14)7-4-2-3-6(5-7)8(9(12)13)11(15)16/h2-5,8H,1H3,(H,12,13). The molecule has 0 bridgehead atoms. The molecule has 0 aliphatic carbocycles. The molecular formula is C10H9NO6. The Labute approximate surface area is 95.8 Å². The van der Waals surface area contributed by atoms with Crippen molar-refractivity contribution >= 4 is 11.9 Å². The van der Waals surface area contributed by atoms with Gasteiger partial charge in [0.2, 0.25) is 0 Å². The number of carbonyl (C=O) groups is 2. The molecule has 0 amide bonds. The van der Waals surface area contributed by atoms with E-state index in [-0.39, 0.29) is 11.1 Å². The lowest BCUT2D eigenvalue weighted by molar-refractivity contribution is -0.516. The quantitative estimate of drug-likeness (QED) is 0.474. The number of nitro groups is 1. The molecule has 0 aromatic heterocycles. The molecule has 0 aliphatic heterocycles. The second kappa shape index (κ2) is 5.06. The maximum atomic E-state index is 11.2. The molecule has 90 valence electrons. The first-order valence-corrected chi connectivity index (χ1v) is 4.52. The number of hydrogen-bond acceptors (Lipinski definition) is 5. The third kappa shape index (κ3) is 2.77. The first-order chi connectivity index (χ1) is 7.97. The highest BCUT2D eigenvalue weighted by Gasteiger charge is 2.31. The van der Waals surface area contributed by atoms with Gasteiger partial charge in [-0.15, -0.1) is 0 Å². The van der Waals surface area contributed by atoms with Gasteiger partial charge in [-0.05, 0) is 12.1 Å². The highest BCUT2D eigenvalue weighted by molar-refractivity contribution is 5.89. The molecule has 0 saturated heterocycles. The van der Waals surface area contributed by atoms with E-state index in [1.807, 2.05) is 0 Å². The number of esters is 1. The van der Waals surface area contributed by atoms with Gasteiger partial charge in [-0.3, -0.25) is 10.1 Å². The van der Waals surface area contributed by atoms with E-state index in [2.05, 4.69) is 4.74 Å². The van der Waals surface area contributed by atoms with Crippen molar-refractivity contribution in [3.8, 4) is 0 Å². The van der Waals surface area contributed by atoms with E-state index >= 15 is 0 Å². The summed E-state index contributed by atoms with van der Waals surface area (Å²) in [5.74, 6) is -2.27. The van der Waals surface area contributed by atoms with Crippen LogP contribution in [-0.4, -0.2) is 29.1 Å². The second-order valence-electron chi connectivity index (χ2n) is 3.14. The minimum absolute atomic E-state index is 0.0677. The van der Waals surface area contributed by atoms with Gasteiger partial charge in [0.15, 0.2) is 0 Å². The van der Waals surface area contributed by atoms with Crippen LogP contribution in [0.1, 0.15) is 22.0 Å². The monoisotopic (exact) mass is 239 g/mol. The van der Waals surface area contributed by atoms with E-state index in [1.165, 1.54) is 18.2 Å². The van der Waals surface area contributed by atoms with E-state index in [4.69, 9.17) is 5.11 Å². The van der Waals surface area contributed by atoms with Crippen molar-refractivity contribution in [3.05, 3.63) is 45.5 Å². The van der Waals surface area contributed by atoms with Gasteiger partial charge in [0, 0.05) is 10.5 Å². The molecule has 1 aromatic rings. The Bertz CT molecular complexity index is 456. The van der Waals surface area contributed by atoms with Crippen LogP contribution in [-0.2, 0) is 9.53 Å². The summed E-state index contributed by atoms with van der Waals surface area (Å²) in [6.45, 7) is 0. The van der Waals surface area contributed by atoms with Crippen LogP contribution in [0.4, 0.5) is 0 Å². The van der Waals surface area contributed by atoms with Crippen molar-refractivity contribution in [1.29, 1.82) is 0 Å². The number of ether oxygens (including phenoxy) is 1. The molecule has 0 saturated carbocycles. The van der Waals surface area contributed by atoms with Crippen molar-refractivity contribution in [2.24, 2.45) is 0 Å². The Kier molecular flexibility index (Phi) is 3.76. The molecule has 0 radical (unpaired) electrons. The molecule has 1 unspecified atom stereocenters. The van der Waals surface area contributed by atoms with Gasteiger partial charge in [-0.2, -0.15) is 0 Å². The topological polar surface area (TPSA) is 107 Å². The smallest absolute Gasteiger partial charge is 0.384 e. The average molecular weight is 239 g/mol. The molecule has 1 rings (SSSR count). The molecule has 0 fully saturated rings. The SMILES string of the molecule is COC(=O)c1cccc(C(C(=O)O)[N+](=O)[O-])c1. The lowest BCUT2D eigenvalue weighted by Crippen LogP contribution is -2.20. The van der Waals surface area contributed by atoms with E-state index < -0.39 is 22.9 Å². The van der Waals surface area contributed by atoms with Gasteiger partial charge >= 0.3 is 18.0 Å². The van der Waals surface area contributed by atoms with Gasteiger partial charge in [-0.25, -0.2) is 9.59 Å². The Morgan fingerprint density at radius 1 is 1.47 bits per heavy atom. The van der Waals surface area contributed by atoms with Crippen LogP contribution >= 0.6 is 0 Å². The number of methoxy groups -OCH3 is 1. The molecule has 17 heavy (non-hydrogen) atoms. The van der Waals surface area contributed by atoms with Crippen LogP contribution < -0.4 is 0 Å². The zero-order valence-electron chi connectivity index (χ0n) is 8.82. The number of rotatable bonds is 4. The third-order valence-electron chi connectivity index (χ3n) is 2.07. The Morgan fingerprint density at radius 2 is 2.12 bits per heavy atom. The minimum Gasteiger partial charge on any atom is -0.476 e. The van der Waals surface area contributed by atoms with E-state index in [9.17, 15) is 19.7 Å². The average Bonchev–Trinajstić information content (AvgIpc) is 2.27. The van der Waals surface area contributed by atoms with Crippen molar-refractivity contribution in [2.75, 3.05) is 7.11 Å². The van der Waals surface area contributed by atoms with E-state index in [0.717, 1.165) is 13.2 Å². The normalized spacial score (nSPS) is 11.6.